The SMILES string of the molecule is CCCc1nc2ccc(Br)cc2c(-c2ccccc2)c1C(=O)OCC. The lowest BCUT2D eigenvalue weighted by Gasteiger charge is -2.16. The van der Waals surface area contributed by atoms with Crippen molar-refractivity contribution in [2.75, 3.05) is 6.61 Å². The Morgan fingerprint density at radius 2 is 1.88 bits per heavy atom. The maximum Gasteiger partial charge on any atom is 0.340 e. The number of ether oxygens (including phenoxy) is 1. The Morgan fingerprint density at radius 3 is 2.56 bits per heavy atom. The van der Waals surface area contributed by atoms with Crippen molar-refractivity contribution in [2.45, 2.75) is 26.7 Å². The van der Waals surface area contributed by atoms with Crippen LogP contribution in [-0.4, -0.2) is 17.6 Å². The van der Waals surface area contributed by atoms with Crippen LogP contribution in [0.4, 0.5) is 0 Å². The second-order valence-electron chi connectivity index (χ2n) is 5.81. The van der Waals surface area contributed by atoms with E-state index in [1.54, 1.807) is 0 Å². The molecule has 25 heavy (non-hydrogen) atoms. The van der Waals surface area contributed by atoms with Crippen molar-refractivity contribution < 1.29 is 9.53 Å². The second kappa shape index (κ2) is 7.79. The van der Waals surface area contributed by atoms with Gasteiger partial charge in [-0.2, -0.15) is 0 Å². The van der Waals surface area contributed by atoms with Gasteiger partial charge < -0.3 is 4.74 Å². The summed E-state index contributed by atoms with van der Waals surface area (Å²) in [5, 5.41) is 0.948. The van der Waals surface area contributed by atoms with Crippen molar-refractivity contribution in [2.24, 2.45) is 0 Å². The number of hydrogen-bond acceptors (Lipinski definition) is 3. The Kier molecular flexibility index (Phi) is 5.49. The molecule has 3 nitrogen and oxygen atoms in total. The van der Waals surface area contributed by atoms with Crippen LogP contribution in [0.25, 0.3) is 22.0 Å². The fourth-order valence-electron chi connectivity index (χ4n) is 3.03. The highest BCUT2D eigenvalue weighted by atomic mass is 79.9. The zero-order valence-corrected chi connectivity index (χ0v) is 16.0. The van der Waals surface area contributed by atoms with Crippen LogP contribution >= 0.6 is 15.9 Å². The number of hydrogen-bond donors (Lipinski definition) is 0. The van der Waals surface area contributed by atoms with E-state index in [-0.39, 0.29) is 5.97 Å². The molecular formula is C21H20BrNO2. The third-order valence-corrected chi connectivity index (χ3v) is 4.54. The molecule has 0 bridgehead atoms. The van der Waals surface area contributed by atoms with Crippen LogP contribution < -0.4 is 0 Å². The van der Waals surface area contributed by atoms with Gasteiger partial charge in [-0.25, -0.2) is 4.79 Å². The summed E-state index contributed by atoms with van der Waals surface area (Å²) in [6.07, 6.45) is 1.65. The normalized spacial score (nSPS) is 10.8. The van der Waals surface area contributed by atoms with Crippen LogP contribution in [0.2, 0.25) is 0 Å². The molecule has 0 saturated heterocycles. The summed E-state index contributed by atoms with van der Waals surface area (Å²) >= 11 is 3.54. The number of rotatable bonds is 5. The van der Waals surface area contributed by atoms with Gasteiger partial charge in [0.25, 0.3) is 0 Å². The lowest BCUT2D eigenvalue weighted by Crippen LogP contribution is -2.12. The van der Waals surface area contributed by atoms with Gasteiger partial charge in [0.2, 0.25) is 0 Å². The highest BCUT2D eigenvalue weighted by Gasteiger charge is 2.23. The lowest BCUT2D eigenvalue weighted by atomic mass is 9.93. The van der Waals surface area contributed by atoms with Crippen molar-refractivity contribution in [1.82, 2.24) is 4.98 Å². The number of pyridine rings is 1. The van der Waals surface area contributed by atoms with Crippen molar-refractivity contribution in [3.05, 3.63) is 64.3 Å². The van der Waals surface area contributed by atoms with Crippen molar-refractivity contribution >= 4 is 32.8 Å². The number of halogens is 1. The summed E-state index contributed by atoms with van der Waals surface area (Å²) in [6, 6.07) is 16.0. The number of carbonyl (C=O) groups excluding carboxylic acids is 1. The summed E-state index contributed by atoms with van der Waals surface area (Å²) in [7, 11) is 0. The largest absolute Gasteiger partial charge is 0.462 e. The molecule has 0 aliphatic carbocycles. The van der Waals surface area contributed by atoms with Crippen LogP contribution in [0.15, 0.2) is 53.0 Å². The van der Waals surface area contributed by atoms with E-state index in [1.807, 2.05) is 55.5 Å². The van der Waals surface area contributed by atoms with Gasteiger partial charge in [0, 0.05) is 15.4 Å². The minimum absolute atomic E-state index is 0.306. The Labute approximate surface area is 156 Å². The molecule has 0 radical (unpaired) electrons. The van der Waals surface area contributed by atoms with Gasteiger partial charge in [0.15, 0.2) is 0 Å². The van der Waals surface area contributed by atoms with Crippen molar-refractivity contribution in [1.29, 1.82) is 0 Å². The first-order chi connectivity index (χ1) is 12.2. The first-order valence-electron chi connectivity index (χ1n) is 8.50. The standard InChI is InChI=1S/C21H20BrNO2/c1-3-8-18-20(21(24)25-4-2)19(14-9-6-5-7-10-14)16-13-15(22)11-12-17(16)23-18/h5-7,9-13H,3-4,8H2,1-2H3. The van der Waals surface area contributed by atoms with E-state index < -0.39 is 0 Å². The van der Waals surface area contributed by atoms with Crippen molar-refractivity contribution in [3.8, 4) is 11.1 Å². The number of nitrogens with zero attached hydrogens (tertiary/aromatic N) is 1. The molecule has 0 unspecified atom stereocenters. The monoisotopic (exact) mass is 397 g/mol. The predicted molar refractivity (Wildman–Crippen MR) is 105 cm³/mol. The first kappa shape index (κ1) is 17.6. The van der Waals surface area contributed by atoms with Crippen LogP contribution in [-0.2, 0) is 11.2 Å². The molecule has 0 aliphatic heterocycles. The van der Waals surface area contributed by atoms with E-state index in [4.69, 9.17) is 9.72 Å². The summed E-state index contributed by atoms with van der Waals surface area (Å²) in [6.45, 7) is 4.25. The van der Waals surface area contributed by atoms with Crippen molar-refractivity contribution in [3.63, 3.8) is 0 Å². The minimum atomic E-state index is -0.306. The number of carbonyl (C=O) groups is 1. The minimum Gasteiger partial charge on any atom is -0.462 e. The molecule has 3 rings (SSSR count). The number of aromatic nitrogens is 1. The fraction of sp³-hybridized carbons (Fsp3) is 0.238. The zero-order valence-electron chi connectivity index (χ0n) is 14.4. The molecule has 0 amide bonds. The van der Waals surface area contributed by atoms with Gasteiger partial charge in [-0.3, -0.25) is 4.98 Å². The van der Waals surface area contributed by atoms with E-state index in [9.17, 15) is 4.79 Å². The number of esters is 1. The topological polar surface area (TPSA) is 39.2 Å². The van der Waals surface area contributed by atoms with Gasteiger partial charge in [-0.05, 0) is 37.1 Å². The summed E-state index contributed by atoms with van der Waals surface area (Å²) in [4.78, 5) is 17.6. The number of benzene rings is 2. The molecule has 0 spiro atoms. The molecule has 1 heterocycles. The Hall–Kier alpha value is -2.20. The molecule has 2 aromatic carbocycles. The summed E-state index contributed by atoms with van der Waals surface area (Å²) in [5.41, 5.74) is 4.16. The Balaban J connectivity index is 2.41. The highest BCUT2D eigenvalue weighted by Crippen LogP contribution is 2.35. The molecular weight excluding hydrogens is 378 g/mol. The number of fused-ring (bicyclic) bond motifs is 1. The average molecular weight is 398 g/mol. The molecule has 128 valence electrons. The van der Waals surface area contributed by atoms with Gasteiger partial charge in [-0.1, -0.05) is 59.6 Å². The van der Waals surface area contributed by atoms with E-state index in [0.717, 1.165) is 45.0 Å². The Bertz CT molecular complexity index is 907. The first-order valence-corrected chi connectivity index (χ1v) is 9.29. The quantitative estimate of drug-likeness (QED) is 0.511. The van der Waals surface area contributed by atoms with Crippen LogP contribution in [0, 0.1) is 0 Å². The fourth-order valence-corrected chi connectivity index (χ4v) is 3.39. The van der Waals surface area contributed by atoms with Crippen LogP contribution in [0.5, 0.6) is 0 Å². The smallest absolute Gasteiger partial charge is 0.340 e. The van der Waals surface area contributed by atoms with Crippen LogP contribution in [0.1, 0.15) is 36.3 Å². The van der Waals surface area contributed by atoms with E-state index in [0.29, 0.717) is 12.2 Å². The predicted octanol–water partition coefficient (Wildman–Crippen LogP) is 5.79. The third-order valence-electron chi connectivity index (χ3n) is 4.05. The lowest BCUT2D eigenvalue weighted by molar-refractivity contribution is 0.0525. The summed E-state index contributed by atoms with van der Waals surface area (Å²) in [5.74, 6) is -0.306. The third kappa shape index (κ3) is 3.59. The molecule has 0 saturated carbocycles. The Morgan fingerprint density at radius 1 is 1.12 bits per heavy atom. The molecule has 0 aliphatic rings. The van der Waals surface area contributed by atoms with Gasteiger partial charge in [-0.15, -0.1) is 0 Å². The van der Waals surface area contributed by atoms with Gasteiger partial charge in [0.05, 0.1) is 23.4 Å². The molecule has 4 heteroatoms. The van der Waals surface area contributed by atoms with E-state index in [1.165, 1.54) is 0 Å². The second-order valence-corrected chi connectivity index (χ2v) is 6.72. The zero-order chi connectivity index (χ0) is 17.8. The molecule has 0 atom stereocenters. The number of aryl methyl sites for hydroxylation is 1. The molecule has 0 N–H and O–H groups in total. The average Bonchev–Trinajstić information content (AvgIpc) is 2.62. The summed E-state index contributed by atoms with van der Waals surface area (Å²) < 4.78 is 6.32. The van der Waals surface area contributed by atoms with Crippen LogP contribution in [0.3, 0.4) is 0 Å². The highest BCUT2D eigenvalue weighted by molar-refractivity contribution is 9.10. The maximum atomic E-state index is 12.8. The van der Waals surface area contributed by atoms with E-state index in [2.05, 4.69) is 22.9 Å². The van der Waals surface area contributed by atoms with Gasteiger partial charge in [0.1, 0.15) is 0 Å². The maximum absolute atomic E-state index is 12.8. The molecule has 1 aromatic heterocycles. The molecule has 3 aromatic rings. The van der Waals surface area contributed by atoms with Gasteiger partial charge >= 0.3 is 5.97 Å². The molecule has 0 fully saturated rings. The van der Waals surface area contributed by atoms with E-state index >= 15 is 0 Å².